The van der Waals surface area contributed by atoms with Crippen molar-refractivity contribution in [1.82, 2.24) is 0 Å². The molecule has 0 radical (unpaired) electrons. The highest BCUT2D eigenvalue weighted by atomic mass is 16.6. The Morgan fingerprint density at radius 2 is 0.500 bits per heavy atom. The summed E-state index contributed by atoms with van der Waals surface area (Å²) in [5.41, 5.74) is 0. The number of allylic oxidation sites excluding steroid dienone is 4. The molecule has 0 aromatic rings. The molecule has 0 saturated carbocycles. The fourth-order valence-electron chi connectivity index (χ4n) is 9.83. The Morgan fingerprint density at radius 1 is 0.278 bits per heavy atom. The molecule has 0 aromatic carbocycles. The Morgan fingerprint density at radius 3 is 0.792 bits per heavy atom. The molecule has 0 bridgehead atoms. The lowest BCUT2D eigenvalue weighted by Gasteiger charge is -2.18. The summed E-state index contributed by atoms with van der Waals surface area (Å²) in [6, 6.07) is 0. The summed E-state index contributed by atoms with van der Waals surface area (Å²) in [4.78, 5) is 37.9. The zero-order chi connectivity index (χ0) is 52.2. The molecule has 0 rings (SSSR count). The van der Waals surface area contributed by atoms with Gasteiger partial charge in [0.1, 0.15) is 13.2 Å². The Hall–Kier alpha value is -2.11. The minimum absolute atomic E-state index is 0.0727. The minimum Gasteiger partial charge on any atom is -0.462 e. The Bertz CT molecular complexity index is 1160. The lowest BCUT2D eigenvalue weighted by molar-refractivity contribution is -0.167. The number of carbonyl (C=O) groups is 3. The fraction of sp³-hybridized carbons (Fsp3) is 0.894. The van der Waals surface area contributed by atoms with E-state index in [4.69, 9.17) is 14.2 Å². The number of carbonyl (C=O) groups excluding carboxylic acids is 3. The molecule has 0 N–H and O–H groups in total. The van der Waals surface area contributed by atoms with E-state index >= 15 is 0 Å². The Labute approximate surface area is 449 Å². The van der Waals surface area contributed by atoms with Crippen LogP contribution in [-0.4, -0.2) is 37.2 Å². The van der Waals surface area contributed by atoms with Crippen molar-refractivity contribution in [3.8, 4) is 0 Å². The number of hydrogen-bond acceptors (Lipinski definition) is 6. The van der Waals surface area contributed by atoms with Crippen molar-refractivity contribution < 1.29 is 28.6 Å². The van der Waals surface area contributed by atoms with Crippen LogP contribution in [0.15, 0.2) is 24.3 Å². The third-order valence-electron chi connectivity index (χ3n) is 14.7. The van der Waals surface area contributed by atoms with Gasteiger partial charge in [0.2, 0.25) is 0 Å². The van der Waals surface area contributed by atoms with Gasteiger partial charge >= 0.3 is 17.9 Å². The molecule has 0 saturated heterocycles. The van der Waals surface area contributed by atoms with Crippen molar-refractivity contribution in [2.45, 2.75) is 367 Å². The van der Waals surface area contributed by atoms with Crippen LogP contribution < -0.4 is 0 Å². The van der Waals surface area contributed by atoms with Gasteiger partial charge < -0.3 is 14.2 Å². The first-order valence-electron chi connectivity index (χ1n) is 32.3. The summed E-state index contributed by atoms with van der Waals surface area (Å²) in [7, 11) is 0. The molecule has 0 aliphatic heterocycles. The first kappa shape index (κ1) is 69.9. The summed E-state index contributed by atoms with van der Waals surface area (Å²) in [5.74, 6) is -0.878. The van der Waals surface area contributed by atoms with Gasteiger partial charge in [-0.05, 0) is 51.4 Å². The SMILES string of the molecule is CCCCC/C=C\C/C=C\CCCCCCCC(=O)OC(COC(=O)CCCCCCCC)COC(=O)CCCCCCCCCCCCCCCCCCCCCCCCCCCCCCCCCCC. The lowest BCUT2D eigenvalue weighted by atomic mass is 10.0. The molecule has 0 heterocycles. The van der Waals surface area contributed by atoms with Crippen LogP contribution in [0.1, 0.15) is 361 Å². The predicted molar refractivity (Wildman–Crippen MR) is 312 cm³/mol. The van der Waals surface area contributed by atoms with Crippen molar-refractivity contribution in [3.05, 3.63) is 24.3 Å². The van der Waals surface area contributed by atoms with Gasteiger partial charge in [-0.25, -0.2) is 0 Å². The summed E-state index contributed by atoms with van der Waals surface area (Å²) >= 11 is 0. The summed E-state index contributed by atoms with van der Waals surface area (Å²) < 4.78 is 16.8. The average molecular weight is 1010 g/mol. The van der Waals surface area contributed by atoms with Gasteiger partial charge in [-0.1, -0.05) is 315 Å². The maximum atomic E-state index is 12.8. The molecule has 6 heteroatoms. The second kappa shape index (κ2) is 61.4. The van der Waals surface area contributed by atoms with Crippen molar-refractivity contribution in [3.63, 3.8) is 0 Å². The molecule has 72 heavy (non-hydrogen) atoms. The summed E-state index contributed by atoms with van der Waals surface area (Å²) in [6.45, 7) is 6.59. The van der Waals surface area contributed by atoms with E-state index in [-0.39, 0.29) is 31.1 Å². The third kappa shape index (κ3) is 58.8. The average Bonchev–Trinajstić information content (AvgIpc) is 3.38. The third-order valence-corrected chi connectivity index (χ3v) is 14.7. The Kier molecular flexibility index (Phi) is 59.6. The molecule has 424 valence electrons. The largest absolute Gasteiger partial charge is 0.462 e. The first-order valence-corrected chi connectivity index (χ1v) is 32.3. The molecule has 1 atom stereocenters. The van der Waals surface area contributed by atoms with Crippen LogP contribution in [0, 0.1) is 0 Å². The highest BCUT2D eigenvalue weighted by Gasteiger charge is 2.19. The van der Waals surface area contributed by atoms with E-state index in [1.54, 1.807) is 0 Å². The zero-order valence-electron chi connectivity index (χ0n) is 48.7. The van der Waals surface area contributed by atoms with Crippen LogP contribution in [0.5, 0.6) is 0 Å². The molecular weight excluding hydrogens is 889 g/mol. The van der Waals surface area contributed by atoms with E-state index in [2.05, 4.69) is 45.1 Å². The molecule has 0 amide bonds. The van der Waals surface area contributed by atoms with Crippen LogP contribution >= 0.6 is 0 Å². The van der Waals surface area contributed by atoms with Gasteiger partial charge in [-0.15, -0.1) is 0 Å². The summed E-state index contributed by atoms with van der Waals surface area (Å²) in [5, 5.41) is 0. The zero-order valence-corrected chi connectivity index (χ0v) is 48.7. The van der Waals surface area contributed by atoms with E-state index in [9.17, 15) is 14.4 Å². The second-order valence-corrected chi connectivity index (χ2v) is 22.0. The second-order valence-electron chi connectivity index (χ2n) is 22.0. The molecule has 6 nitrogen and oxygen atoms in total. The standard InChI is InChI=1S/C66H124O6/c1-4-7-10-13-16-18-20-22-24-25-26-27-28-29-30-31-32-33-34-35-36-37-38-39-40-41-43-44-46-48-50-53-56-59-65(68)71-62-63(61-70-64(67)58-55-52-15-12-9-6-3)72-66(69)60-57-54-51-49-47-45-42-23-21-19-17-14-11-8-5-2/h17,19,23,42,63H,4-16,18,20-22,24-41,43-62H2,1-3H3/b19-17-,42-23-. The molecule has 0 spiro atoms. The molecule has 0 aromatic heterocycles. The maximum absolute atomic E-state index is 12.8. The smallest absolute Gasteiger partial charge is 0.306 e. The molecule has 0 aliphatic rings. The fourth-order valence-corrected chi connectivity index (χ4v) is 9.83. The first-order chi connectivity index (χ1) is 35.5. The van der Waals surface area contributed by atoms with Crippen LogP contribution in [0.25, 0.3) is 0 Å². The van der Waals surface area contributed by atoms with Gasteiger partial charge in [0.25, 0.3) is 0 Å². The number of esters is 3. The van der Waals surface area contributed by atoms with Gasteiger partial charge in [-0.3, -0.25) is 14.4 Å². The van der Waals surface area contributed by atoms with Crippen LogP contribution in [0.4, 0.5) is 0 Å². The van der Waals surface area contributed by atoms with Gasteiger partial charge in [0.05, 0.1) is 0 Å². The monoisotopic (exact) mass is 1010 g/mol. The van der Waals surface area contributed by atoms with E-state index in [0.29, 0.717) is 19.3 Å². The van der Waals surface area contributed by atoms with Crippen LogP contribution in [-0.2, 0) is 28.6 Å². The van der Waals surface area contributed by atoms with Crippen molar-refractivity contribution in [2.75, 3.05) is 13.2 Å². The molecule has 0 fully saturated rings. The molecule has 1 unspecified atom stereocenters. The van der Waals surface area contributed by atoms with Crippen LogP contribution in [0.2, 0.25) is 0 Å². The van der Waals surface area contributed by atoms with E-state index < -0.39 is 6.10 Å². The van der Waals surface area contributed by atoms with E-state index in [1.165, 1.54) is 244 Å². The summed E-state index contributed by atoms with van der Waals surface area (Å²) in [6.07, 6.45) is 74.0. The number of rotatable bonds is 60. The normalized spacial score (nSPS) is 12.1. The Balaban J connectivity index is 3.89. The predicted octanol–water partition coefficient (Wildman–Crippen LogP) is 21.8. The van der Waals surface area contributed by atoms with Gasteiger partial charge in [0.15, 0.2) is 6.10 Å². The lowest BCUT2D eigenvalue weighted by Crippen LogP contribution is -2.30. The maximum Gasteiger partial charge on any atom is 0.306 e. The highest BCUT2D eigenvalue weighted by Crippen LogP contribution is 2.18. The number of unbranched alkanes of at least 4 members (excludes halogenated alkanes) is 45. The molecular formula is C66H124O6. The van der Waals surface area contributed by atoms with Gasteiger partial charge in [-0.2, -0.15) is 0 Å². The molecule has 0 aliphatic carbocycles. The number of ether oxygens (including phenoxy) is 3. The topological polar surface area (TPSA) is 78.9 Å². The van der Waals surface area contributed by atoms with Crippen molar-refractivity contribution in [2.24, 2.45) is 0 Å². The highest BCUT2D eigenvalue weighted by molar-refractivity contribution is 5.71. The quantitative estimate of drug-likeness (QED) is 0.0261. The van der Waals surface area contributed by atoms with Crippen LogP contribution in [0.3, 0.4) is 0 Å². The van der Waals surface area contributed by atoms with Crippen molar-refractivity contribution in [1.29, 1.82) is 0 Å². The van der Waals surface area contributed by atoms with E-state index in [1.807, 2.05) is 0 Å². The van der Waals surface area contributed by atoms with E-state index in [0.717, 1.165) is 77.0 Å². The van der Waals surface area contributed by atoms with Gasteiger partial charge in [0, 0.05) is 19.3 Å². The number of hydrogen-bond donors (Lipinski definition) is 0. The minimum atomic E-state index is -0.772. The van der Waals surface area contributed by atoms with Crippen molar-refractivity contribution >= 4 is 17.9 Å².